The van der Waals surface area contributed by atoms with E-state index < -0.39 is 254 Å². The molecule has 0 unspecified atom stereocenters. The zero-order valence-corrected chi connectivity index (χ0v) is 77.4. The summed E-state index contributed by atoms with van der Waals surface area (Å²) in [5.74, 6) is -19.0. The van der Waals surface area contributed by atoms with Gasteiger partial charge in [0.15, 0.2) is 5.96 Å². The van der Waals surface area contributed by atoms with Gasteiger partial charge in [-0.25, -0.2) is 0 Å². The predicted molar refractivity (Wildman–Crippen MR) is 493 cm³/mol. The second kappa shape index (κ2) is 50.5. The van der Waals surface area contributed by atoms with Crippen molar-refractivity contribution in [3.05, 3.63) is 107 Å². The number of unbranched alkanes of at least 4 members (excludes halogenated alkanes) is 2. The van der Waals surface area contributed by atoms with Gasteiger partial charge in [0.25, 0.3) is 0 Å². The maximum Gasteiger partial charge on any atom is 0.248 e. The van der Waals surface area contributed by atoms with E-state index in [1.807, 2.05) is 13.8 Å². The zero-order valence-electron chi connectivity index (χ0n) is 76.6. The number of fused-ring (bicyclic) bond motifs is 4. The minimum atomic E-state index is -1.89. The van der Waals surface area contributed by atoms with Crippen LogP contribution in [0, 0.1) is 11.3 Å². The van der Waals surface area contributed by atoms with Gasteiger partial charge < -0.3 is 132 Å². The van der Waals surface area contributed by atoms with Crippen molar-refractivity contribution in [2.24, 2.45) is 34.6 Å². The van der Waals surface area contributed by atoms with Gasteiger partial charge in [-0.2, -0.15) is 0 Å². The maximum absolute atomic E-state index is 15.7. The van der Waals surface area contributed by atoms with Crippen LogP contribution in [-0.2, 0) is 101 Å². The van der Waals surface area contributed by atoms with E-state index in [9.17, 15) is 63.0 Å². The number of hydrogen-bond acceptors (Lipinski definition) is 23. The van der Waals surface area contributed by atoms with Crippen LogP contribution in [0.2, 0.25) is 0 Å². The SMILES string of the molecule is CCCC[C@H]1C(=O)N(C)[C@@H](CCCC)C(=O)N[C@@H](CCCNC(=N)N)C(=O)N[C@H](C(=O)NCC(N)=O)CSCC(=O)N[C@@H](Cc2ccc(C(N)=O)cc2)C(=O)N(C)[C@@H](C)C(=O)N[C@@H](CC(N)=O)C(=O)N2CCC[C@H]2C(=O)N[C@@H](CN)C(=O)N[C@@H](CC(C)C)C(=O)N2C[C@H](O)C[C@H]2C(=O)N[C@@H](Cc2c[nH]c3ccccc23)C(=O)N[C@@H](CO)C(=O)N[C@@H](Cc2c[nH]c3ccccc23)C(=O)N1C. The minimum absolute atomic E-state index is 0.0174. The summed E-state index contributed by atoms with van der Waals surface area (Å²) in [4.78, 5) is 273. The Bertz CT molecular complexity index is 5070. The average Bonchev–Trinajstić information content (AvgIpc) is 1.62. The number of carbonyl (C=O) groups excluding carboxylic acids is 18. The molecule has 26 N–H and O–H groups in total. The molecule has 0 aliphatic carbocycles. The van der Waals surface area contributed by atoms with Crippen LogP contribution in [0.1, 0.15) is 145 Å². The van der Waals surface area contributed by atoms with E-state index in [0.717, 1.165) is 36.3 Å². The average molecular weight is 1890 g/mol. The van der Waals surface area contributed by atoms with Gasteiger partial charge in [-0.05, 0) is 98.7 Å². The molecule has 45 heteroatoms. The van der Waals surface area contributed by atoms with Crippen molar-refractivity contribution >= 4 is 146 Å². The molecule has 0 spiro atoms. The summed E-state index contributed by atoms with van der Waals surface area (Å²) >= 11 is 0.744. The maximum atomic E-state index is 15.7. The highest BCUT2D eigenvalue weighted by atomic mass is 32.2. The van der Waals surface area contributed by atoms with Gasteiger partial charge in [-0.15, -0.1) is 11.8 Å². The van der Waals surface area contributed by atoms with Crippen molar-refractivity contribution in [2.75, 3.05) is 72.0 Å². The number of guanidine groups is 1. The Hall–Kier alpha value is -13.3. The number of nitrogens with one attached hydrogen (secondary N) is 14. The lowest BCUT2D eigenvalue weighted by atomic mass is 10.00. The highest BCUT2D eigenvalue weighted by Gasteiger charge is 2.47. The molecule has 5 heterocycles. The van der Waals surface area contributed by atoms with Crippen LogP contribution >= 0.6 is 11.8 Å². The third-order valence-corrected chi connectivity index (χ3v) is 24.9. The number of nitrogens with zero attached hydrogens (tertiary/aromatic N) is 5. The van der Waals surface area contributed by atoms with E-state index in [1.54, 1.807) is 74.8 Å². The number of para-hydroxylation sites is 2. The number of amides is 18. The minimum Gasteiger partial charge on any atom is -0.394 e. The molecule has 0 bridgehead atoms. The number of aliphatic hydroxyl groups excluding tert-OH is 2. The monoisotopic (exact) mass is 1880 g/mol. The summed E-state index contributed by atoms with van der Waals surface area (Å²) in [6.07, 6.45) is 1.11. The molecular formula is C89H128N24O20S. The summed E-state index contributed by atoms with van der Waals surface area (Å²) < 4.78 is 0. The molecule has 0 radical (unpaired) electrons. The summed E-state index contributed by atoms with van der Waals surface area (Å²) in [7, 11) is 3.87. The topological polar surface area (TPSA) is 682 Å². The van der Waals surface area contributed by atoms with Gasteiger partial charge in [-0.1, -0.05) is 102 Å². The second-order valence-corrected chi connectivity index (χ2v) is 35.4. The van der Waals surface area contributed by atoms with Crippen LogP contribution in [-0.4, -0.2) is 320 Å². The van der Waals surface area contributed by atoms with Gasteiger partial charge in [0.1, 0.15) is 84.6 Å². The molecule has 3 saturated heterocycles. The normalized spacial score (nSPS) is 24.8. The fourth-order valence-corrected chi connectivity index (χ4v) is 17.2. The lowest BCUT2D eigenvalue weighted by Gasteiger charge is -2.36. The number of aromatic amines is 2. The number of H-pyrrole nitrogens is 2. The van der Waals surface area contributed by atoms with Crippen LogP contribution in [0.15, 0.2) is 85.2 Å². The molecular weight excluding hydrogens is 1760 g/mol. The fourth-order valence-electron chi connectivity index (χ4n) is 16.4. The first kappa shape index (κ1) is 106. The van der Waals surface area contributed by atoms with E-state index in [0.29, 0.717) is 64.2 Å². The molecule has 0 saturated carbocycles. The summed E-state index contributed by atoms with van der Waals surface area (Å²) in [5.41, 5.74) is 31.1. The Morgan fingerprint density at radius 2 is 1.06 bits per heavy atom. The van der Waals surface area contributed by atoms with Crippen molar-refractivity contribution in [1.29, 1.82) is 5.41 Å². The first-order valence-corrected chi connectivity index (χ1v) is 46.0. The fraction of sp³-hybridized carbons (Fsp3) is 0.539. The molecule has 730 valence electrons. The standard InChI is InChI=1S/C89H128N24O20S/c1-9-11-24-67-81(126)101-58(23-17-31-96-89(94)95)77(122)108-66(76(121)99-42-72(92)117)45-134-46-73(118)100-61(34-49-27-29-50(30-28-49)74(93)119)84(129)109(6)48(5)75(120)103-63(38-71(91)116)86(131)112-32-18-26-68(112)82(127)106-64(39-90)79(124)104-60(33-47(3)4)87(132)113-43-53(115)37-70(113)83(128)102-59(35-51-40-97-56-21-15-13-19-54(51)56)78(123)107-65(44-114)80(125)105-62(36-52-41-98-57-22-16-14-20-55(52)57)85(130)111(8)69(25-12-10-2)88(133)110(67)7/h13-16,19-22,27-30,40-41,47-48,53,58-70,97-98,114-115H,9-12,17-18,23-26,31-39,42-46,90H2,1-8H3,(H2,91,116)(H2,92,117)(H2,93,119)(H,99,121)(H,100,118)(H,101,126)(H,102,128)(H,103,120)(H,104,124)(H,105,125)(H,106,127)(H,107,123)(H,108,122)(H4,94,95,96)/t48-,53+,58-,59-,60-,61-,62-,63-,64-,65-,66-,67-,68-,69-,70-/m0/s1. The van der Waals surface area contributed by atoms with E-state index in [-0.39, 0.29) is 88.8 Å². The number of thioether (sulfide) groups is 1. The van der Waals surface area contributed by atoms with Crippen LogP contribution in [0.25, 0.3) is 21.8 Å². The van der Waals surface area contributed by atoms with Gasteiger partial charge >= 0.3 is 0 Å². The van der Waals surface area contributed by atoms with Crippen molar-refractivity contribution < 1.29 is 96.5 Å². The Morgan fingerprint density at radius 3 is 1.65 bits per heavy atom. The summed E-state index contributed by atoms with van der Waals surface area (Å²) in [5, 5.41) is 60.3. The van der Waals surface area contributed by atoms with Crippen LogP contribution in [0.5, 0.6) is 0 Å². The Balaban J connectivity index is 1.19. The van der Waals surface area contributed by atoms with Crippen molar-refractivity contribution in [3.8, 4) is 0 Å². The molecule has 134 heavy (non-hydrogen) atoms. The molecule has 3 aliphatic rings. The molecule has 44 nitrogen and oxygen atoms in total. The molecule has 18 amide bonds. The number of carbonyl (C=O) groups is 18. The molecule has 3 aliphatic heterocycles. The molecule has 5 aromatic rings. The smallest absolute Gasteiger partial charge is 0.248 e. The number of nitrogens with two attached hydrogens (primary N) is 5. The van der Waals surface area contributed by atoms with Crippen LogP contribution < -0.4 is 87.2 Å². The van der Waals surface area contributed by atoms with Crippen LogP contribution in [0.4, 0.5) is 0 Å². The largest absolute Gasteiger partial charge is 0.394 e. The number of rotatable bonds is 26. The van der Waals surface area contributed by atoms with Crippen molar-refractivity contribution in [1.82, 2.24) is 93.0 Å². The van der Waals surface area contributed by atoms with Gasteiger partial charge in [0.2, 0.25) is 106 Å². The molecule has 3 fully saturated rings. The predicted octanol–water partition coefficient (Wildman–Crippen LogP) is -4.54. The van der Waals surface area contributed by atoms with E-state index in [1.165, 1.54) is 52.3 Å². The zero-order chi connectivity index (χ0) is 98.5. The van der Waals surface area contributed by atoms with Gasteiger partial charge in [-0.3, -0.25) is 91.7 Å². The first-order chi connectivity index (χ1) is 63.7. The van der Waals surface area contributed by atoms with E-state index in [4.69, 9.17) is 34.1 Å². The van der Waals surface area contributed by atoms with Gasteiger partial charge in [0.05, 0.1) is 31.4 Å². The number of benzene rings is 3. The lowest BCUT2D eigenvalue weighted by molar-refractivity contribution is -0.149. The quantitative estimate of drug-likeness (QED) is 0.0141. The third-order valence-electron chi connectivity index (χ3n) is 23.9. The Labute approximate surface area is 779 Å². The molecule has 8 rings (SSSR count). The van der Waals surface area contributed by atoms with E-state index in [2.05, 4.69) is 68.5 Å². The first-order valence-electron chi connectivity index (χ1n) is 44.8. The Kier molecular flexibility index (Phi) is 40.0. The van der Waals surface area contributed by atoms with Crippen molar-refractivity contribution in [2.45, 2.75) is 228 Å². The number of hydrogen-bond donors (Lipinski definition) is 21. The second-order valence-electron chi connectivity index (χ2n) is 34.3. The number of primary amides is 3. The number of likely N-dealkylation sites (N-methyl/N-ethyl adjacent to an activating group) is 3. The van der Waals surface area contributed by atoms with Gasteiger partial charge in [0, 0.05) is 119 Å². The van der Waals surface area contributed by atoms with Crippen molar-refractivity contribution in [3.63, 3.8) is 0 Å². The summed E-state index contributed by atoms with van der Waals surface area (Å²) in [6, 6.07) is -2.43. The molecule has 3 aromatic carbocycles. The summed E-state index contributed by atoms with van der Waals surface area (Å²) in [6.45, 7) is 5.31. The molecule has 15 atom stereocenters. The molecule has 2 aromatic heterocycles. The van der Waals surface area contributed by atoms with E-state index >= 15 is 33.6 Å². The third kappa shape index (κ3) is 29.3. The number of aliphatic hydroxyl groups is 2. The highest BCUT2D eigenvalue weighted by molar-refractivity contribution is 8.00. The van der Waals surface area contributed by atoms with Crippen LogP contribution in [0.3, 0.4) is 0 Å². The highest BCUT2D eigenvalue weighted by Crippen LogP contribution is 2.28. The number of aromatic nitrogens is 2. The Morgan fingerprint density at radius 1 is 0.537 bits per heavy atom. The lowest BCUT2D eigenvalue weighted by Crippen LogP contribution is -2.62.